The van der Waals surface area contributed by atoms with Gasteiger partial charge in [-0.2, -0.15) is 5.10 Å². The van der Waals surface area contributed by atoms with Crippen LogP contribution >= 0.6 is 0 Å². The lowest BCUT2D eigenvalue weighted by Gasteiger charge is -2.07. The van der Waals surface area contributed by atoms with Gasteiger partial charge in [-0.25, -0.2) is 4.68 Å². The molecule has 0 bridgehead atoms. The number of aryl methyl sites for hydroxylation is 1. The average Bonchev–Trinajstić information content (AvgIpc) is 2.74. The van der Waals surface area contributed by atoms with Crippen molar-refractivity contribution in [3.05, 3.63) is 51.8 Å². The molecule has 2 rings (SSSR count). The van der Waals surface area contributed by atoms with Gasteiger partial charge in [0.15, 0.2) is 0 Å². The summed E-state index contributed by atoms with van der Waals surface area (Å²) in [5.41, 5.74) is 1.74. The summed E-state index contributed by atoms with van der Waals surface area (Å²) in [6.07, 6.45) is 2.61. The van der Waals surface area contributed by atoms with E-state index in [9.17, 15) is 15.2 Å². The Bertz CT molecular complexity index is 590. The van der Waals surface area contributed by atoms with Crippen molar-refractivity contribution in [1.82, 2.24) is 9.78 Å². The van der Waals surface area contributed by atoms with E-state index in [1.165, 1.54) is 10.7 Å². The number of rotatable bonds is 3. The predicted molar refractivity (Wildman–Crippen MR) is 65.6 cm³/mol. The van der Waals surface area contributed by atoms with Crippen molar-refractivity contribution < 1.29 is 10.0 Å². The molecule has 0 radical (unpaired) electrons. The molecule has 0 aliphatic rings. The summed E-state index contributed by atoms with van der Waals surface area (Å²) in [7, 11) is 0. The summed E-state index contributed by atoms with van der Waals surface area (Å²) in [5.74, 6) is 0. The molecule has 6 nitrogen and oxygen atoms in total. The molecule has 1 heterocycles. The van der Waals surface area contributed by atoms with Gasteiger partial charge in [0.25, 0.3) is 5.69 Å². The summed E-state index contributed by atoms with van der Waals surface area (Å²) in [6.45, 7) is 3.43. The van der Waals surface area contributed by atoms with Crippen LogP contribution in [-0.4, -0.2) is 19.8 Å². The third kappa shape index (κ3) is 2.23. The Morgan fingerprint density at radius 1 is 1.50 bits per heavy atom. The first kappa shape index (κ1) is 12.3. The van der Waals surface area contributed by atoms with Crippen LogP contribution in [0.1, 0.15) is 24.2 Å². The van der Waals surface area contributed by atoms with Crippen molar-refractivity contribution in [2.45, 2.75) is 20.0 Å². The van der Waals surface area contributed by atoms with E-state index in [0.29, 0.717) is 11.3 Å². The van der Waals surface area contributed by atoms with E-state index >= 15 is 0 Å². The SMILES string of the molecule is Cc1cnn(-c2ccc([C@@H](C)O)cc2[N+](=O)[O-])c1. The number of nitrogens with zero attached hydrogens (tertiary/aromatic N) is 3. The third-order valence-electron chi connectivity index (χ3n) is 2.64. The van der Waals surface area contributed by atoms with Crippen LogP contribution in [0.25, 0.3) is 5.69 Å². The van der Waals surface area contributed by atoms with Crippen molar-refractivity contribution in [1.29, 1.82) is 0 Å². The average molecular weight is 247 g/mol. The molecule has 0 amide bonds. The maximum Gasteiger partial charge on any atom is 0.295 e. The second-order valence-corrected chi connectivity index (χ2v) is 4.14. The lowest BCUT2D eigenvalue weighted by Crippen LogP contribution is -2.02. The van der Waals surface area contributed by atoms with Gasteiger partial charge in [0.1, 0.15) is 5.69 Å². The van der Waals surface area contributed by atoms with Crippen LogP contribution in [0.4, 0.5) is 5.69 Å². The summed E-state index contributed by atoms with van der Waals surface area (Å²) in [5, 5.41) is 24.6. The first-order valence-electron chi connectivity index (χ1n) is 5.47. The van der Waals surface area contributed by atoms with Gasteiger partial charge < -0.3 is 5.11 Å². The Morgan fingerprint density at radius 2 is 2.22 bits per heavy atom. The molecule has 0 saturated carbocycles. The number of nitro benzene ring substituents is 1. The normalized spacial score (nSPS) is 12.4. The van der Waals surface area contributed by atoms with E-state index in [1.807, 2.05) is 6.92 Å². The fraction of sp³-hybridized carbons (Fsp3) is 0.250. The topological polar surface area (TPSA) is 81.2 Å². The van der Waals surface area contributed by atoms with Crippen molar-refractivity contribution in [2.24, 2.45) is 0 Å². The molecule has 6 heteroatoms. The van der Waals surface area contributed by atoms with Crippen LogP contribution in [0.5, 0.6) is 0 Å². The molecule has 0 aliphatic heterocycles. The maximum absolute atomic E-state index is 11.1. The number of aliphatic hydroxyl groups excluding tert-OH is 1. The Morgan fingerprint density at radius 3 is 2.72 bits per heavy atom. The smallest absolute Gasteiger partial charge is 0.295 e. The molecular formula is C12H13N3O3. The molecule has 94 valence electrons. The molecule has 0 fully saturated rings. The molecule has 1 aromatic carbocycles. The fourth-order valence-electron chi connectivity index (χ4n) is 1.68. The Kier molecular flexibility index (Phi) is 3.12. The van der Waals surface area contributed by atoms with E-state index in [-0.39, 0.29) is 5.69 Å². The van der Waals surface area contributed by atoms with Gasteiger partial charge in [-0.3, -0.25) is 10.1 Å². The van der Waals surface area contributed by atoms with E-state index in [2.05, 4.69) is 5.10 Å². The molecule has 0 unspecified atom stereocenters. The molecule has 18 heavy (non-hydrogen) atoms. The zero-order chi connectivity index (χ0) is 13.3. The monoisotopic (exact) mass is 247 g/mol. The minimum atomic E-state index is -0.739. The summed E-state index contributed by atoms with van der Waals surface area (Å²) >= 11 is 0. The molecule has 1 atom stereocenters. The van der Waals surface area contributed by atoms with Crippen LogP contribution in [-0.2, 0) is 0 Å². The lowest BCUT2D eigenvalue weighted by molar-refractivity contribution is -0.384. The largest absolute Gasteiger partial charge is 0.389 e. The Labute approximate surface area is 104 Å². The highest BCUT2D eigenvalue weighted by Gasteiger charge is 2.18. The first-order chi connectivity index (χ1) is 8.49. The maximum atomic E-state index is 11.1. The number of aliphatic hydroxyl groups is 1. The highest BCUT2D eigenvalue weighted by atomic mass is 16.6. The quantitative estimate of drug-likeness (QED) is 0.665. The molecule has 0 saturated heterocycles. The number of benzene rings is 1. The van der Waals surface area contributed by atoms with Gasteiger partial charge in [0.2, 0.25) is 0 Å². The Balaban J connectivity index is 2.57. The van der Waals surface area contributed by atoms with E-state index < -0.39 is 11.0 Å². The van der Waals surface area contributed by atoms with Gasteiger partial charge in [0, 0.05) is 12.3 Å². The molecule has 0 aliphatic carbocycles. The van der Waals surface area contributed by atoms with Crippen molar-refractivity contribution in [2.75, 3.05) is 0 Å². The standard InChI is InChI=1S/C12H13N3O3/c1-8-6-13-14(7-8)11-4-3-10(9(2)16)5-12(11)15(17)18/h3-7,9,16H,1-2H3/t9-/m1/s1. The zero-order valence-electron chi connectivity index (χ0n) is 10.1. The van der Waals surface area contributed by atoms with Gasteiger partial charge in [-0.05, 0) is 31.0 Å². The van der Waals surface area contributed by atoms with Crippen LogP contribution in [0.15, 0.2) is 30.6 Å². The van der Waals surface area contributed by atoms with E-state index in [0.717, 1.165) is 5.56 Å². The van der Waals surface area contributed by atoms with E-state index in [4.69, 9.17) is 0 Å². The second kappa shape index (κ2) is 4.58. The van der Waals surface area contributed by atoms with Crippen LogP contribution in [0.2, 0.25) is 0 Å². The highest BCUT2D eigenvalue weighted by molar-refractivity contribution is 5.54. The number of hydrogen-bond donors (Lipinski definition) is 1. The van der Waals surface area contributed by atoms with Gasteiger partial charge in [0.05, 0.1) is 17.2 Å². The van der Waals surface area contributed by atoms with Crippen LogP contribution in [0, 0.1) is 17.0 Å². The minimum Gasteiger partial charge on any atom is -0.389 e. The summed E-state index contributed by atoms with van der Waals surface area (Å²) in [6, 6.07) is 4.62. The number of aromatic nitrogens is 2. The van der Waals surface area contributed by atoms with Gasteiger partial charge >= 0.3 is 0 Å². The lowest BCUT2D eigenvalue weighted by atomic mass is 10.1. The number of hydrogen-bond acceptors (Lipinski definition) is 4. The summed E-state index contributed by atoms with van der Waals surface area (Å²) in [4.78, 5) is 10.6. The van der Waals surface area contributed by atoms with E-state index in [1.54, 1.807) is 31.5 Å². The second-order valence-electron chi connectivity index (χ2n) is 4.14. The highest BCUT2D eigenvalue weighted by Crippen LogP contribution is 2.26. The predicted octanol–water partition coefficient (Wildman–Crippen LogP) is 2.14. The van der Waals surface area contributed by atoms with Crippen molar-refractivity contribution >= 4 is 5.69 Å². The zero-order valence-corrected chi connectivity index (χ0v) is 10.1. The molecule has 2 aromatic rings. The molecule has 1 aromatic heterocycles. The first-order valence-corrected chi connectivity index (χ1v) is 5.47. The van der Waals surface area contributed by atoms with Gasteiger partial charge in [-0.15, -0.1) is 0 Å². The number of nitro groups is 1. The Hall–Kier alpha value is -2.21. The fourth-order valence-corrected chi connectivity index (χ4v) is 1.68. The third-order valence-corrected chi connectivity index (χ3v) is 2.64. The van der Waals surface area contributed by atoms with Crippen molar-refractivity contribution in [3.63, 3.8) is 0 Å². The summed E-state index contributed by atoms with van der Waals surface area (Å²) < 4.78 is 1.46. The molecule has 1 N–H and O–H groups in total. The molecule has 0 spiro atoms. The minimum absolute atomic E-state index is 0.0727. The molecular weight excluding hydrogens is 234 g/mol. The van der Waals surface area contributed by atoms with Crippen molar-refractivity contribution in [3.8, 4) is 5.69 Å². The van der Waals surface area contributed by atoms with Crippen LogP contribution in [0.3, 0.4) is 0 Å². The van der Waals surface area contributed by atoms with Gasteiger partial charge in [-0.1, -0.05) is 6.07 Å². The van der Waals surface area contributed by atoms with Crippen LogP contribution < -0.4 is 0 Å².